The third-order valence-electron chi connectivity index (χ3n) is 4.27. The van der Waals surface area contributed by atoms with Gasteiger partial charge in [0.2, 0.25) is 15.9 Å². The number of thiazole rings is 1. The van der Waals surface area contributed by atoms with Crippen molar-refractivity contribution >= 4 is 33.0 Å². The molecule has 0 aliphatic carbocycles. The van der Waals surface area contributed by atoms with E-state index in [4.69, 9.17) is 16.0 Å². The highest BCUT2D eigenvalue weighted by molar-refractivity contribution is 7.89. The summed E-state index contributed by atoms with van der Waals surface area (Å²) >= 11 is 7.37. The van der Waals surface area contributed by atoms with Crippen LogP contribution in [0.4, 0.5) is 0 Å². The Bertz CT molecular complexity index is 1050. The molecule has 10 heteroatoms. The van der Waals surface area contributed by atoms with E-state index in [2.05, 4.69) is 15.2 Å². The second-order valence-electron chi connectivity index (χ2n) is 5.94. The molecule has 3 heterocycles. The van der Waals surface area contributed by atoms with Crippen molar-refractivity contribution in [3.63, 3.8) is 0 Å². The molecule has 26 heavy (non-hydrogen) atoms. The van der Waals surface area contributed by atoms with Gasteiger partial charge < -0.3 is 4.42 Å². The van der Waals surface area contributed by atoms with Crippen molar-refractivity contribution in [1.29, 1.82) is 0 Å². The van der Waals surface area contributed by atoms with E-state index in [9.17, 15) is 8.42 Å². The molecule has 1 aliphatic rings. The zero-order chi connectivity index (χ0) is 18.3. The summed E-state index contributed by atoms with van der Waals surface area (Å²) in [7, 11) is -3.70. The van der Waals surface area contributed by atoms with Gasteiger partial charge in [0.25, 0.3) is 5.89 Å². The Morgan fingerprint density at radius 2 is 2.19 bits per heavy atom. The van der Waals surface area contributed by atoms with Gasteiger partial charge in [-0.05, 0) is 38.0 Å². The topological polar surface area (TPSA) is 89.2 Å². The van der Waals surface area contributed by atoms with Crippen LogP contribution < -0.4 is 0 Å². The third-order valence-corrected chi connectivity index (χ3v) is 7.33. The van der Waals surface area contributed by atoms with Crippen LogP contribution >= 0.6 is 22.9 Å². The first kappa shape index (κ1) is 17.6. The Morgan fingerprint density at radius 1 is 1.35 bits per heavy atom. The highest BCUT2D eigenvalue weighted by Gasteiger charge is 2.39. The first-order valence-electron chi connectivity index (χ1n) is 7.98. The SMILES string of the molecule is Cc1ncsc1-c1nnc([C@@H]2CCCN2S(=O)(=O)c2cccc(Cl)c2)o1. The lowest BCUT2D eigenvalue weighted by atomic mass is 10.2. The van der Waals surface area contributed by atoms with Gasteiger partial charge in [0, 0.05) is 11.6 Å². The average molecular weight is 411 g/mol. The van der Waals surface area contributed by atoms with Crippen LogP contribution in [-0.2, 0) is 10.0 Å². The van der Waals surface area contributed by atoms with E-state index in [0.717, 1.165) is 17.0 Å². The van der Waals surface area contributed by atoms with Gasteiger partial charge in [-0.3, -0.25) is 0 Å². The number of hydrogen-bond acceptors (Lipinski definition) is 7. The molecule has 7 nitrogen and oxygen atoms in total. The fourth-order valence-electron chi connectivity index (χ4n) is 3.01. The molecule has 0 unspecified atom stereocenters. The number of aryl methyl sites for hydroxylation is 1. The number of rotatable bonds is 4. The van der Waals surface area contributed by atoms with Crippen molar-refractivity contribution in [3.8, 4) is 10.8 Å². The van der Waals surface area contributed by atoms with Crippen LogP contribution in [0.5, 0.6) is 0 Å². The summed E-state index contributed by atoms with van der Waals surface area (Å²) in [6.07, 6.45) is 1.35. The largest absolute Gasteiger partial charge is 0.418 e. The van der Waals surface area contributed by atoms with Gasteiger partial charge in [0.1, 0.15) is 10.9 Å². The van der Waals surface area contributed by atoms with Crippen LogP contribution in [0.1, 0.15) is 30.5 Å². The van der Waals surface area contributed by atoms with E-state index in [-0.39, 0.29) is 4.90 Å². The summed E-state index contributed by atoms with van der Waals surface area (Å²) in [5.74, 6) is 0.669. The number of benzene rings is 1. The van der Waals surface area contributed by atoms with Crippen molar-refractivity contribution in [2.45, 2.75) is 30.7 Å². The minimum absolute atomic E-state index is 0.162. The Morgan fingerprint density at radius 3 is 2.92 bits per heavy atom. The van der Waals surface area contributed by atoms with Gasteiger partial charge in [-0.15, -0.1) is 21.5 Å². The molecule has 0 N–H and O–H groups in total. The number of sulfonamides is 1. The summed E-state index contributed by atoms with van der Waals surface area (Å²) in [5.41, 5.74) is 2.51. The van der Waals surface area contributed by atoms with Gasteiger partial charge in [-0.1, -0.05) is 17.7 Å². The van der Waals surface area contributed by atoms with E-state index in [1.54, 1.807) is 17.6 Å². The predicted molar refractivity (Wildman–Crippen MR) is 97.5 cm³/mol. The Balaban J connectivity index is 1.67. The minimum Gasteiger partial charge on any atom is -0.418 e. The number of halogens is 1. The fourth-order valence-corrected chi connectivity index (χ4v) is 5.68. The monoisotopic (exact) mass is 410 g/mol. The Labute approximate surface area is 159 Å². The van der Waals surface area contributed by atoms with Gasteiger partial charge in [-0.25, -0.2) is 13.4 Å². The average Bonchev–Trinajstić information content (AvgIpc) is 3.34. The van der Waals surface area contributed by atoms with Crippen molar-refractivity contribution < 1.29 is 12.8 Å². The highest BCUT2D eigenvalue weighted by Crippen LogP contribution is 2.37. The zero-order valence-corrected chi connectivity index (χ0v) is 16.2. The van der Waals surface area contributed by atoms with E-state index < -0.39 is 16.1 Å². The van der Waals surface area contributed by atoms with E-state index in [1.807, 2.05) is 6.92 Å². The maximum atomic E-state index is 13.0. The first-order valence-corrected chi connectivity index (χ1v) is 10.7. The molecule has 4 rings (SSSR count). The van der Waals surface area contributed by atoms with Gasteiger partial charge in [0.15, 0.2) is 0 Å². The quantitative estimate of drug-likeness (QED) is 0.651. The molecule has 1 saturated heterocycles. The Kier molecular flexibility index (Phi) is 4.55. The van der Waals surface area contributed by atoms with Crippen molar-refractivity contribution in [1.82, 2.24) is 19.5 Å². The standard InChI is InChI=1S/C16H15ClN4O3S2/c1-10-14(25-9-18-10)16-20-19-15(24-16)13-6-3-7-21(13)26(22,23)12-5-2-4-11(17)8-12/h2,4-5,8-9,13H,3,6-7H2,1H3/t13-/m0/s1. The summed E-state index contributed by atoms with van der Waals surface area (Å²) < 4.78 is 33.3. The highest BCUT2D eigenvalue weighted by atomic mass is 35.5. The first-order chi connectivity index (χ1) is 12.5. The second-order valence-corrected chi connectivity index (χ2v) is 9.13. The summed E-state index contributed by atoms with van der Waals surface area (Å²) in [5, 5.41) is 8.56. The van der Waals surface area contributed by atoms with Crippen molar-refractivity contribution in [2.24, 2.45) is 0 Å². The molecular formula is C16H15ClN4O3S2. The van der Waals surface area contributed by atoms with E-state index in [1.165, 1.54) is 27.8 Å². The molecule has 1 atom stereocenters. The zero-order valence-electron chi connectivity index (χ0n) is 13.8. The summed E-state index contributed by atoms with van der Waals surface area (Å²) in [6.45, 7) is 2.26. The van der Waals surface area contributed by atoms with Gasteiger partial charge in [0.05, 0.1) is 16.1 Å². The maximum absolute atomic E-state index is 13.0. The Hall–Kier alpha value is -1.81. The molecule has 0 bridgehead atoms. The molecule has 0 saturated carbocycles. The third kappa shape index (κ3) is 3.05. The van der Waals surface area contributed by atoms with E-state index >= 15 is 0 Å². The fraction of sp³-hybridized carbons (Fsp3) is 0.312. The van der Waals surface area contributed by atoms with Crippen molar-refractivity contribution in [2.75, 3.05) is 6.54 Å². The van der Waals surface area contributed by atoms with Crippen molar-refractivity contribution in [3.05, 3.63) is 46.4 Å². The van der Waals surface area contributed by atoms with Crippen LogP contribution in [0.25, 0.3) is 10.8 Å². The number of nitrogens with zero attached hydrogens (tertiary/aromatic N) is 4. The molecule has 3 aromatic rings. The van der Waals surface area contributed by atoms with Crippen LogP contribution in [0, 0.1) is 6.92 Å². The molecule has 1 aliphatic heterocycles. The summed E-state index contributed by atoms with van der Waals surface area (Å²) in [4.78, 5) is 5.13. The molecule has 1 fully saturated rings. The lowest BCUT2D eigenvalue weighted by Gasteiger charge is -2.21. The molecule has 0 radical (unpaired) electrons. The summed E-state index contributed by atoms with van der Waals surface area (Å²) in [6, 6.07) is 5.78. The lowest BCUT2D eigenvalue weighted by Crippen LogP contribution is -2.30. The number of aromatic nitrogens is 3. The van der Waals surface area contributed by atoms with Gasteiger partial charge in [-0.2, -0.15) is 4.31 Å². The van der Waals surface area contributed by atoms with E-state index in [0.29, 0.717) is 29.8 Å². The molecule has 136 valence electrons. The molecule has 0 spiro atoms. The maximum Gasteiger partial charge on any atom is 0.259 e. The molecular weight excluding hydrogens is 396 g/mol. The second kappa shape index (κ2) is 6.73. The molecule has 0 amide bonds. The smallest absolute Gasteiger partial charge is 0.259 e. The molecule has 1 aromatic carbocycles. The van der Waals surface area contributed by atoms with Crippen LogP contribution in [0.15, 0.2) is 39.1 Å². The van der Waals surface area contributed by atoms with Crippen LogP contribution in [0.3, 0.4) is 0 Å². The lowest BCUT2D eigenvalue weighted by molar-refractivity contribution is 0.332. The number of hydrogen-bond donors (Lipinski definition) is 0. The molecule has 2 aromatic heterocycles. The van der Waals surface area contributed by atoms with Crippen LogP contribution in [-0.4, -0.2) is 34.4 Å². The minimum atomic E-state index is -3.70. The normalized spacial score (nSPS) is 18.5. The van der Waals surface area contributed by atoms with Crippen LogP contribution in [0.2, 0.25) is 5.02 Å². The van der Waals surface area contributed by atoms with Gasteiger partial charge >= 0.3 is 0 Å². The predicted octanol–water partition coefficient (Wildman–Crippen LogP) is 3.68.